The fraction of sp³-hybridized carbons (Fsp3) is 0.467. The third kappa shape index (κ3) is 2.17. The molecule has 0 saturated heterocycles. The number of hydrogen-bond acceptors (Lipinski definition) is 2. The van der Waals surface area contributed by atoms with Gasteiger partial charge in [0, 0.05) is 5.41 Å². The molecule has 3 nitrogen and oxygen atoms in total. The Bertz CT molecular complexity index is 524. The van der Waals surface area contributed by atoms with Crippen molar-refractivity contribution in [2.24, 2.45) is 10.5 Å². The molecule has 1 amide bonds. The van der Waals surface area contributed by atoms with Crippen LogP contribution in [0.15, 0.2) is 23.3 Å². The topological polar surface area (TPSA) is 32.7 Å². The molecule has 0 aromatic heterocycles. The number of hydrazone groups is 1. The van der Waals surface area contributed by atoms with E-state index in [4.69, 9.17) is 0 Å². The number of anilines is 1. The Labute approximate surface area is 108 Å². The maximum atomic E-state index is 12.1. The molecule has 1 aliphatic heterocycles. The van der Waals surface area contributed by atoms with Gasteiger partial charge in [0.05, 0.1) is 17.8 Å². The van der Waals surface area contributed by atoms with Crippen molar-refractivity contribution in [3.8, 4) is 0 Å². The molecule has 0 saturated carbocycles. The van der Waals surface area contributed by atoms with E-state index in [1.165, 1.54) is 5.56 Å². The molecule has 0 fully saturated rings. The van der Waals surface area contributed by atoms with Crippen LogP contribution in [0.25, 0.3) is 0 Å². The highest BCUT2D eigenvalue weighted by atomic mass is 16.2. The number of rotatable bonds is 1. The van der Waals surface area contributed by atoms with E-state index in [9.17, 15) is 4.79 Å². The number of nitrogens with zero attached hydrogens (tertiary/aromatic N) is 2. The molecular weight excluding hydrogens is 224 g/mol. The van der Waals surface area contributed by atoms with Gasteiger partial charge in [0.2, 0.25) is 0 Å². The molecule has 3 heteroatoms. The molecule has 2 rings (SSSR count). The van der Waals surface area contributed by atoms with Crippen LogP contribution in [-0.4, -0.2) is 11.6 Å². The van der Waals surface area contributed by atoms with E-state index >= 15 is 0 Å². The van der Waals surface area contributed by atoms with E-state index in [2.05, 4.69) is 25.9 Å². The monoisotopic (exact) mass is 244 g/mol. The molecule has 96 valence electrons. The molecule has 0 N–H and O–H groups in total. The molecule has 1 heterocycles. The second-order valence-electron chi connectivity index (χ2n) is 5.90. The van der Waals surface area contributed by atoms with Crippen LogP contribution in [0.1, 0.15) is 38.3 Å². The molecule has 0 radical (unpaired) electrons. The number of amides is 1. The Morgan fingerprint density at radius 3 is 2.44 bits per heavy atom. The summed E-state index contributed by atoms with van der Waals surface area (Å²) in [6.07, 6.45) is 0.427. The molecular formula is C15H20N2O. The molecule has 18 heavy (non-hydrogen) atoms. The summed E-state index contributed by atoms with van der Waals surface area (Å²) >= 11 is 0. The third-order valence-electron chi connectivity index (χ3n) is 3.45. The Hall–Kier alpha value is -1.64. The predicted molar refractivity (Wildman–Crippen MR) is 74.9 cm³/mol. The lowest BCUT2D eigenvalue weighted by atomic mass is 9.88. The van der Waals surface area contributed by atoms with Gasteiger partial charge < -0.3 is 0 Å². The highest BCUT2D eigenvalue weighted by Crippen LogP contribution is 2.30. The zero-order valence-corrected chi connectivity index (χ0v) is 11.7. The number of benzene rings is 1. The highest BCUT2D eigenvalue weighted by Gasteiger charge is 2.32. The SMILES string of the molecule is Cc1cccc(N2N=C(C(C)(C)C)CC2=O)c1C. The lowest BCUT2D eigenvalue weighted by Crippen LogP contribution is -2.21. The minimum Gasteiger partial charge on any atom is -0.272 e. The van der Waals surface area contributed by atoms with Gasteiger partial charge in [-0.3, -0.25) is 4.79 Å². The average Bonchev–Trinajstić information content (AvgIpc) is 2.64. The molecule has 0 bridgehead atoms. The van der Waals surface area contributed by atoms with Gasteiger partial charge in [-0.1, -0.05) is 32.9 Å². The first-order valence-electron chi connectivity index (χ1n) is 6.28. The van der Waals surface area contributed by atoms with Crippen molar-refractivity contribution < 1.29 is 4.79 Å². The Kier molecular flexibility index (Phi) is 3.01. The van der Waals surface area contributed by atoms with Crippen molar-refractivity contribution in [1.82, 2.24) is 0 Å². The van der Waals surface area contributed by atoms with Crippen LogP contribution < -0.4 is 5.01 Å². The molecule has 1 aliphatic rings. The fourth-order valence-corrected chi connectivity index (χ4v) is 2.00. The van der Waals surface area contributed by atoms with Crippen molar-refractivity contribution >= 4 is 17.3 Å². The number of carbonyl (C=O) groups excluding carboxylic acids is 1. The summed E-state index contributed by atoms with van der Waals surface area (Å²) in [5.41, 5.74) is 4.10. The van der Waals surface area contributed by atoms with E-state index < -0.39 is 0 Å². The van der Waals surface area contributed by atoms with Gasteiger partial charge in [0.25, 0.3) is 5.91 Å². The van der Waals surface area contributed by atoms with Crippen LogP contribution in [0, 0.1) is 19.3 Å². The van der Waals surface area contributed by atoms with Crippen molar-refractivity contribution in [3.05, 3.63) is 29.3 Å². The maximum Gasteiger partial charge on any atom is 0.253 e. The first-order valence-corrected chi connectivity index (χ1v) is 6.28. The highest BCUT2D eigenvalue weighted by molar-refractivity contribution is 6.14. The van der Waals surface area contributed by atoms with E-state index in [0.717, 1.165) is 17.0 Å². The van der Waals surface area contributed by atoms with E-state index in [0.29, 0.717) is 6.42 Å². The Morgan fingerprint density at radius 1 is 1.22 bits per heavy atom. The smallest absolute Gasteiger partial charge is 0.253 e. The summed E-state index contributed by atoms with van der Waals surface area (Å²) in [5.74, 6) is 0.0635. The lowest BCUT2D eigenvalue weighted by Gasteiger charge is -2.17. The summed E-state index contributed by atoms with van der Waals surface area (Å²) in [6, 6.07) is 5.97. The summed E-state index contributed by atoms with van der Waals surface area (Å²) in [5, 5.41) is 6.07. The van der Waals surface area contributed by atoms with Gasteiger partial charge in [-0.25, -0.2) is 5.01 Å². The van der Waals surface area contributed by atoms with Gasteiger partial charge in [-0.15, -0.1) is 0 Å². The van der Waals surface area contributed by atoms with Gasteiger partial charge in [-0.05, 0) is 31.0 Å². The minimum atomic E-state index is -0.0534. The quantitative estimate of drug-likeness (QED) is 0.744. The third-order valence-corrected chi connectivity index (χ3v) is 3.45. The van der Waals surface area contributed by atoms with Crippen molar-refractivity contribution in [2.45, 2.75) is 41.0 Å². The largest absolute Gasteiger partial charge is 0.272 e. The zero-order chi connectivity index (χ0) is 13.5. The molecule has 0 spiro atoms. The first kappa shape index (κ1) is 12.8. The van der Waals surface area contributed by atoms with E-state index in [-0.39, 0.29) is 11.3 Å². The van der Waals surface area contributed by atoms with Crippen LogP contribution in [0.4, 0.5) is 5.69 Å². The maximum absolute atomic E-state index is 12.1. The van der Waals surface area contributed by atoms with Crippen LogP contribution in [0.2, 0.25) is 0 Å². The van der Waals surface area contributed by atoms with Crippen LogP contribution in [-0.2, 0) is 4.79 Å². The predicted octanol–water partition coefficient (Wildman–Crippen LogP) is 3.44. The second-order valence-corrected chi connectivity index (χ2v) is 5.90. The molecule has 0 aliphatic carbocycles. The Balaban J connectivity index is 2.43. The number of hydrogen-bond donors (Lipinski definition) is 0. The van der Waals surface area contributed by atoms with Gasteiger partial charge in [0.1, 0.15) is 0 Å². The van der Waals surface area contributed by atoms with Gasteiger partial charge >= 0.3 is 0 Å². The minimum absolute atomic E-state index is 0.0534. The van der Waals surface area contributed by atoms with Crippen molar-refractivity contribution in [3.63, 3.8) is 0 Å². The zero-order valence-electron chi connectivity index (χ0n) is 11.7. The van der Waals surface area contributed by atoms with Crippen molar-refractivity contribution in [2.75, 3.05) is 5.01 Å². The first-order chi connectivity index (χ1) is 8.30. The number of carbonyl (C=O) groups is 1. The van der Waals surface area contributed by atoms with Crippen LogP contribution in [0.5, 0.6) is 0 Å². The standard InChI is InChI=1S/C15H20N2O/c1-10-7-6-8-12(11(10)2)17-14(18)9-13(16-17)15(3,4)5/h6-8H,9H2,1-5H3. The van der Waals surface area contributed by atoms with Crippen LogP contribution in [0.3, 0.4) is 0 Å². The van der Waals surface area contributed by atoms with E-state index in [1.807, 2.05) is 32.0 Å². The summed E-state index contributed by atoms with van der Waals surface area (Å²) in [4.78, 5) is 12.1. The summed E-state index contributed by atoms with van der Waals surface area (Å²) in [7, 11) is 0. The van der Waals surface area contributed by atoms with Crippen molar-refractivity contribution in [1.29, 1.82) is 0 Å². The molecule has 1 aromatic carbocycles. The lowest BCUT2D eigenvalue weighted by molar-refractivity contribution is -0.116. The Morgan fingerprint density at radius 2 is 1.89 bits per heavy atom. The number of aryl methyl sites for hydroxylation is 1. The summed E-state index contributed by atoms with van der Waals surface area (Å²) < 4.78 is 0. The second kappa shape index (κ2) is 4.23. The van der Waals surface area contributed by atoms with Crippen LogP contribution >= 0.6 is 0 Å². The van der Waals surface area contributed by atoms with E-state index in [1.54, 1.807) is 5.01 Å². The average molecular weight is 244 g/mol. The van der Waals surface area contributed by atoms with Gasteiger partial charge in [0.15, 0.2) is 0 Å². The molecule has 0 unspecified atom stereocenters. The molecule has 0 atom stereocenters. The fourth-order valence-electron chi connectivity index (χ4n) is 2.00. The summed E-state index contributed by atoms with van der Waals surface area (Å²) in [6.45, 7) is 10.3. The van der Waals surface area contributed by atoms with Gasteiger partial charge in [-0.2, -0.15) is 5.10 Å². The normalized spacial score (nSPS) is 16.2. The molecule has 1 aromatic rings.